The van der Waals surface area contributed by atoms with Gasteiger partial charge in [0, 0.05) is 26.6 Å². The average Bonchev–Trinajstić information content (AvgIpc) is 2.92. The van der Waals surface area contributed by atoms with Crippen molar-refractivity contribution in [3.8, 4) is 0 Å². The van der Waals surface area contributed by atoms with E-state index in [9.17, 15) is 14.4 Å². The van der Waals surface area contributed by atoms with Crippen molar-refractivity contribution in [3.05, 3.63) is 39.8 Å². The number of Topliss-reactive ketones (excluding diaryl/α,β-unsaturated/α-hetero) is 1. The molecule has 0 bridgehead atoms. The van der Waals surface area contributed by atoms with Crippen molar-refractivity contribution in [1.29, 1.82) is 0 Å². The summed E-state index contributed by atoms with van der Waals surface area (Å²) >= 11 is 0. The third kappa shape index (κ3) is 3.49. The molecule has 0 fully saturated rings. The van der Waals surface area contributed by atoms with Crippen LogP contribution in [0.15, 0.2) is 28.6 Å². The Bertz CT molecular complexity index is 841. The highest BCUT2D eigenvalue weighted by Gasteiger charge is 2.15. The standard InChI is InChI=1S/C16H22N4O3/c1-4-9-19-11-17-14-13(19)15(22)20(16(23)18(14)3)10-7-5-6-8-12(2)21/h4,11H,1,5-10H2,2-3H3. The molecule has 7 nitrogen and oxygen atoms in total. The zero-order valence-corrected chi connectivity index (χ0v) is 13.6. The lowest BCUT2D eigenvalue weighted by Crippen LogP contribution is -2.39. The predicted octanol–water partition coefficient (Wildman–Crippen LogP) is 1.23. The summed E-state index contributed by atoms with van der Waals surface area (Å²) in [6.45, 7) is 6.04. The van der Waals surface area contributed by atoms with Gasteiger partial charge in [0.2, 0.25) is 0 Å². The zero-order chi connectivity index (χ0) is 17.0. The first-order valence-electron chi connectivity index (χ1n) is 7.72. The lowest BCUT2D eigenvalue weighted by molar-refractivity contribution is -0.117. The molecule has 0 aliphatic carbocycles. The van der Waals surface area contributed by atoms with Gasteiger partial charge in [-0.1, -0.05) is 12.5 Å². The van der Waals surface area contributed by atoms with Crippen molar-refractivity contribution >= 4 is 16.9 Å². The van der Waals surface area contributed by atoms with Gasteiger partial charge in [-0.05, 0) is 19.8 Å². The van der Waals surface area contributed by atoms with Crippen molar-refractivity contribution in [2.75, 3.05) is 0 Å². The fourth-order valence-electron chi connectivity index (χ4n) is 2.62. The minimum absolute atomic E-state index is 0.160. The molecule has 2 rings (SSSR count). The van der Waals surface area contributed by atoms with Crippen LogP contribution in [0.2, 0.25) is 0 Å². The minimum Gasteiger partial charge on any atom is -0.321 e. The molecule has 2 heterocycles. The molecule has 0 saturated carbocycles. The van der Waals surface area contributed by atoms with Gasteiger partial charge in [0.25, 0.3) is 5.56 Å². The number of fused-ring (bicyclic) bond motifs is 1. The topological polar surface area (TPSA) is 78.9 Å². The fraction of sp³-hybridized carbons (Fsp3) is 0.500. The molecule has 0 spiro atoms. The lowest BCUT2D eigenvalue weighted by Gasteiger charge is -2.09. The third-order valence-corrected chi connectivity index (χ3v) is 3.84. The molecule has 0 aliphatic rings. The van der Waals surface area contributed by atoms with Crippen molar-refractivity contribution in [1.82, 2.24) is 18.7 Å². The summed E-state index contributed by atoms with van der Waals surface area (Å²) in [7, 11) is 1.61. The Hall–Kier alpha value is -2.44. The van der Waals surface area contributed by atoms with Gasteiger partial charge in [0.1, 0.15) is 5.78 Å². The first kappa shape index (κ1) is 16.9. The van der Waals surface area contributed by atoms with E-state index in [1.165, 1.54) is 9.13 Å². The minimum atomic E-state index is -0.363. The van der Waals surface area contributed by atoms with Gasteiger partial charge in [-0.3, -0.25) is 13.9 Å². The summed E-state index contributed by atoms with van der Waals surface area (Å²) in [4.78, 5) is 40.1. The van der Waals surface area contributed by atoms with Crippen LogP contribution in [0.25, 0.3) is 11.2 Å². The average molecular weight is 318 g/mol. The second-order valence-electron chi connectivity index (χ2n) is 5.67. The maximum atomic E-state index is 12.6. The first-order valence-corrected chi connectivity index (χ1v) is 7.72. The molecule has 124 valence electrons. The van der Waals surface area contributed by atoms with Gasteiger partial charge in [-0.2, -0.15) is 0 Å². The van der Waals surface area contributed by atoms with Crippen molar-refractivity contribution in [2.45, 2.75) is 45.7 Å². The quantitative estimate of drug-likeness (QED) is 0.542. The predicted molar refractivity (Wildman–Crippen MR) is 88.6 cm³/mol. The summed E-state index contributed by atoms with van der Waals surface area (Å²) in [5.74, 6) is 0.160. The van der Waals surface area contributed by atoms with E-state index < -0.39 is 0 Å². The largest absolute Gasteiger partial charge is 0.332 e. The van der Waals surface area contributed by atoms with Crippen LogP contribution in [0.1, 0.15) is 32.6 Å². The normalized spacial score (nSPS) is 11.0. The maximum Gasteiger partial charge on any atom is 0.332 e. The Labute approximate surface area is 133 Å². The molecule has 0 saturated heterocycles. The molecule has 2 aromatic heterocycles. The molecular weight excluding hydrogens is 296 g/mol. The van der Waals surface area contributed by atoms with Gasteiger partial charge in [-0.25, -0.2) is 9.78 Å². The summed E-state index contributed by atoms with van der Waals surface area (Å²) in [5.41, 5.74) is 0.109. The lowest BCUT2D eigenvalue weighted by atomic mass is 10.1. The number of ketones is 1. The second kappa shape index (κ2) is 7.21. The number of nitrogens with zero attached hydrogens (tertiary/aromatic N) is 4. The Morgan fingerprint density at radius 3 is 2.70 bits per heavy atom. The molecule has 0 atom stereocenters. The number of imidazole rings is 1. The van der Waals surface area contributed by atoms with E-state index in [1.54, 1.807) is 30.9 Å². The Morgan fingerprint density at radius 2 is 2.04 bits per heavy atom. The van der Waals surface area contributed by atoms with Crippen molar-refractivity contribution in [2.24, 2.45) is 7.05 Å². The number of carbonyl (C=O) groups is 1. The molecule has 0 unspecified atom stereocenters. The number of unbranched alkanes of at least 4 members (excludes halogenated alkanes) is 2. The SMILES string of the molecule is C=CCn1cnc2c1c(=O)n(CCCCCC(C)=O)c(=O)n2C. The van der Waals surface area contributed by atoms with Crippen LogP contribution in [0, 0.1) is 0 Å². The van der Waals surface area contributed by atoms with Crippen LogP contribution in [-0.4, -0.2) is 24.5 Å². The number of carbonyl (C=O) groups excluding carboxylic acids is 1. The van der Waals surface area contributed by atoms with Gasteiger partial charge >= 0.3 is 5.69 Å². The number of rotatable bonds is 8. The maximum absolute atomic E-state index is 12.6. The summed E-state index contributed by atoms with van der Waals surface area (Å²) < 4.78 is 4.33. The fourth-order valence-corrected chi connectivity index (χ4v) is 2.62. The highest BCUT2D eigenvalue weighted by Crippen LogP contribution is 2.06. The third-order valence-electron chi connectivity index (χ3n) is 3.84. The van der Waals surface area contributed by atoms with Crippen LogP contribution < -0.4 is 11.2 Å². The monoisotopic (exact) mass is 318 g/mol. The zero-order valence-electron chi connectivity index (χ0n) is 13.6. The van der Waals surface area contributed by atoms with Crippen LogP contribution >= 0.6 is 0 Å². The highest BCUT2D eigenvalue weighted by atomic mass is 16.2. The van der Waals surface area contributed by atoms with Crippen LogP contribution in [-0.2, 0) is 24.9 Å². The Balaban J connectivity index is 2.30. The molecule has 0 aliphatic heterocycles. The van der Waals surface area contributed by atoms with Gasteiger partial charge < -0.3 is 9.36 Å². The van der Waals surface area contributed by atoms with E-state index in [1.807, 2.05) is 0 Å². The molecule has 0 N–H and O–H groups in total. The van der Waals surface area contributed by atoms with Gasteiger partial charge in [-0.15, -0.1) is 6.58 Å². The van der Waals surface area contributed by atoms with Crippen LogP contribution in [0.4, 0.5) is 0 Å². The number of aryl methyl sites for hydroxylation is 1. The number of aromatic nitrogens is 4. The summed E-state index contributed by atoms with van der Waals surface area (Å²) in [6, 6.07) is 0. The molecule has 7 heteroatoms. The molecule has 23 heavy (non-hydrogen) atoms. The highest BCUT2D eigenvalue weighted by molar-refractivity contribution is 5.75. The Kier molecular flexibility index (Phi) is 5.31. The van der Waals surface area contributed by atoms with Gasteiger partial charge in [0.05, 0.1) is 6.33 Å². The smallest absolute Gasteiger partial charge is 0.321 e. The first-order chi connectivity index (χ1) is 11.0. The molecule has 2 aromatic rings. The van der Waals surface area contributed by atoms with E-state index >= 15 is 0 Å². The van der Waals surface area contributed by atoms with E-state index in [0.717, 1.165) is 12.8 Å². The van der Waals surface area contributed by atoms with Crippen molar-refractivity contribution < 1.29 is 4.79 Å². The van der Waals surface area contributed by atoms with E-state index in [4.69, 9.17) is 0 Å². The van der Waals surface area contributed by atoms with E-state index in [2.05, 4.69) is 11.6 Å². The molecular formula is C16H22N4O3. The molecule has 0 aromatic carbocycles. The number of allylic oxidation sites excluding steroid dienone is 1. The van der Waals surface area contributed by atoms with Crippen molar-refractivity contribution in [3.63, 3.8) is 0 Å². The van der Waals surface area contributed by atoms with Crippen LogP contribution in [0.5, 0.6) is 0 Å². The number of hydrogen-bond donors (Lipinski definition) is 0. The number of hydrogen-bond acceptors (Lipinski definition) is 4. The molecule has 0 radical (unpaired) electrons. The van der Waals surface area contributed by atoms with E-state index in [-0.39, 0.29) is 17.0 Å². The summed E-state index contributed by atoms with van der Waals surface area (Å²) in [6.07, 6.45) is 6.03. The Morgan fingerprint density at radius 1 is 1.30 bits per heavy atom. The van der Waals surface area contributed by atoms with E-state index in [0.29, 0.717) is 37.1 Å². The summed E-state index contributed by atoms with van der Waals surface area (Å²) in [5, 5.41) is 0. The van der Waals surface area contributed by atoms with Crippen LogP contribution in [0.3, 0.4) is 0 Å². The molecule has 0 amide bonds. The second-order valence-corrected chi connectivity index (χ2v) is 5.67. The van der Waals surface area contributed by atoms with Gasteiger partial charge in [0.15, 0.2) is 11.2 Å².